The third kappa shape index (κ3) is 5.35. The van der Waals surface area contributed by atoms with Crippen LogP contribution < -0.4 is 4.31 Å². The molecule has 1 aliphatic rings. The quantitative estimate of drug-likeness (QED) is 0.343. The highest BCUT2D eigenvalue weighted by atomic mass is 35.5. The summed E-state index contributed by atoms with van der Waals surface area (Å²) in [5, 5.41) is 11.3. The van der Waals surface area contributed by atoms with Gasteiger partial charge in [-0.2, -0.15) is 0 Å². The molecule has 0 N–H and O–H groups in total. The van der Waals surface area contributed by atoms with Crippen molar-refractivity contribution in [2.24, 2.45) is 0 Å². The Kier molecular flexibility index (Phi) is 6.97. The minimum atomic E-state index is -3.77. The Balaban J connectivity index is 1.51. The fourth-order valence-electron chi connectivity index (χ4n) is 4.13. The molecule has 0 aromatic heterocycles. The second-order valence-electron chi connectivity index (χ2n) is 8.02. The lowest BCUT2D eigenvalue weighted by atomic mass is 10.0. The summed E-state index contributed by atoms with van der Waals surface area (Å²) in [6.07, 6.45) is 1.35. The van der Waals surface area contributed by atoms with Gasteiger partial charge in [-0.15, -0.1) is 0 Å². The van der Waals surface area contributed by atoms with Gasteiger partial charge in [0.05, 0.1) is 15.5 Å². The molecule has 1 heterocycles. The average Bonchev–Trinajstić information content (AvgIpc) is 2.81. The van der Waals surface area contributed by atoms with Crippen LogP contribution >= 0.6 is 11.6 Å². The molecule has 0 amide bonds. The minimum absolute atomic E-state index is 0.0726. The summed E-state index contributed by atoms with van der Waals surface area (Å²) in [4.78, 5) is 12.9. The predicted molar refractivity (Wildman–Crippen MR) is 129 cm³/mol. The molecule has 0 atom stereocenters. The minimum Gasteiger partial charge on any atom is -0.299 e. The molecular weight excluding hydrogens is 462 g/mol. The molecule has 7 nitrogen and oxygen atoms in total. The molecule has 0 spiro atoms. The Hall–Kier alpha value is -2.94. The molecule has 4 rings (SSSR count). The number of para-hydroxylation sites is 1. The van der Waals surface area contributed by atoms with Gasteiger partial charge < -0.3 is 0 Å². The first-order chi connectivity index (χ1) is 15.8. The molecular formula is C24H24ClN3O4S. The van der Waals surface area contributed by atoms with Crippen molar-refractivity contribution in [3.05, 3.63) is 99.6 Å². The van der Waals surface area contributed by atoms with Crippen LogP contribution in [0.4, 0.5) is 11.4 Å². The summed E-state index contributed by atoms with van der Waals surface area (Å²) in [5.74, 6) is 0. The van der Waals surface area contributed by atoms with E-state index >= 15 is 0 Å². The van der Waals surface area contributed by atoms with Crippen molar-refractivity contribution in [3.8, 4) is 0 Å². The molecule has 1 saturated heterocycles. The van der Waals surface area contributed by atoms with Gasteiger partial charge in [0.1, 0.15) is 0 Å². The summed E-state index contributed by atoms with van der Waals surface area (Å²) in [5.41, 5.74) is 1.71. The van der Waals surface area contributed by atoms with E-state index < -0.39 is 14.9 Å². The van der Waals surface area contributed by atoms with Crippen molar-refractivity contribution in [1.82, 2.24) is 4.90 Å². The second-order valence-corrected chi connectivity index (χ2v) is 10.3. The van der Waals surface area contributed by atoms with E-state index in [9.17, 15) is 18.5 Å². The van der Waals surface area contributed by atoms with Crippen molar-refractivity contribution in [1.29, 1.82) is 0 Å². The van der Waals surface area contributed by atoms with Crippen LogP contribution in [0.15, 0.2) is 83.8 Å². The fourth-order valence-corrected chi connectivity index (χ4v) is 5.97. The van der Waals surface area contributed by atoms with Gasteiger partial charge in [0.2, 0.25) is 0 Å². The predicted octanol–water partition coefficient (Wildman–Crippen LogP) is 5.11. The first-order valence-corrected chi connectivity index (χ1v) is 12.5. The third-order valence-corrected chi connectivity index (χ3v) is 7.97. The van der Waals surface area contributed by atoms with Gasteiger partial charge in [0.15, 0.2) is 0 Å². The number of likely N-dealkylation sites (tertiary alicyclic amines) is 1. The number of hydrogen-bond donors (Lipinski definition) is 0. The Morgan fingerprint density at radius 1 is 0.939 bits per heavy atom. The normalized spacial score (nSPS) is 15.3. The van der Waals surface area contributed by atoms with E-state index in [-0.39, 0.29) is 16.6 Å². The van der Waals surface area contributed by atoms with Gasteiger partial charge in [0, 0.05) is 42.8 Å². The van der Waals surface area contributed by atoms with Crippen LogP contribution in [0.5, 0.6) is 0 Å². The fraction of sp³-hybridized carbons (Fsp3) is 0.250. The lowest BCUT2D eigenvalue weighted by molar-refractivity contribution is -0.384. The summed E-state index contributed by atoms with van der Waals surface area (Å²) >= 11 is 5.97. The number of anilines is 1. The maximum atomic E-state index is 13.6. The summed E-state index contributed by atoms with van der Waals surface area (Å²) in [6.45, 7) is 2.11. The topological polar surface area (TPSA) is 83.8 Å². The molecule has 0 saturated carbocycles. The maximum absolute atomic E-state index is 13.6. The van der Waals surface area contributed by atoms with Gasteiger partial charge in [-0.25, -0.2) is 8.42 Å². The zero-order valence-corrected chi connectivity index (χ0v) is 19.5. The molecule has 0 aliphatic carbocycles. The zero-order chi connectivity index (χ0) is 23.4. The number of nitro benzene ring substituents is 1. The van der Waals surface area contributed by atoms with Crippen LogP contribution in [-0.4, -0.2) is 37.4 Å². The molecule has 3 aromatic carbocycles. The Bertz CT molecular complexity index is 1190. The molecule has 1 aliphatic heterocycles. The van der Waals surface area contributed by atoms with E-state index in [1.165, 1.54) is 24.3 Å². The Morgan fingerprint density at radius 2 is 1.55 bits per heavy atom. The number of sulfonamides is 1. The smallest absolute Gasteiger partial charge is 0.269 e. The molecule has 0 radical (unpaired) electrons. The van der Waals surface area contributed by atoms with Crippen molar-refractivity contribution >= 4 is 33.0 Å². The lowest BCUT2D eigenvalue weighted by Crippen LogP contribution is -2.47. The number of non-ortho nitro benzene ring substituents is 1. The van der Waals surface area contributed by atoms with Crippen molar-refractivity contribution in [3.63, 3.8) is 0 Å². The van der Waals surface area contributed by atoms with E-state index in [1.54, 1.807) is 28.6 Å². The first-order valence-electron chi connectivity index (χ1n) is 10.7. The van der Waals surface area contributed by atoms with E-state index in [4.69, 9.17) is 11.6 Å². The second kappa shape index (κ2) is 9.91. The van der Waals surface area contributed by atoms with Gasteiger partial charge in [-0.05, 0) is 54.8 Å². The average molecular weight is 486 g/mol. The van der Waals surface area contributed by atoms with E-state index in [1.807, 2.05) is 30.3 Å². The van der Waals surface area contributed by atoms with Gasteiger partial charge in [0.25, 0.3) is 15.7 Å². The van der Waals surface area contributed by atoms with Crippen molar-refractivity contribution < 1.29 is 13.3 Å². The van der Waals surface area contributed by atoms with E-state index in [0.717, 1.165) is 18.7 Å². The molecule has 33 heavy (non-hydrogen) atoms. The molecule has 172 valence electrons. The Labute approximate surface area is 198 Å². The lowest BCUT2D eigenvalue weighted by Gasteiger charge is -2.39. The van der Waals surface area contributed by atoms with Crippen molar-refractivity contribution in [2.75, 3.05) is 17.4 Å². The number of piperidine rings is 1. The van der Waals surface area contributed by atoms with Crippen LogP contribution in [0, 0.1) is 10.1 Å². The third-order valence-electron chi connectivity index (χ3n) is 5.82. The number of halogens is 1. The SMILES string of the molecule is O=[N+]([O-])c1ccc(CN2CCC(N(c3ccccc3)S(=O)(=O)c3ccc(Cl)cc3)CC2)cc1. The van der Waals surface area contributed by atoms with E-state index in [2.05, 4.69) is 4.90 Å². The molecule has 0 bridgehead atoms. The molecule has 1 fully saturated rings. The summed E-state index contributed by atoms with van der Waals surface area (Å²) in [7, 11) is -3.77. The van der Waals surface area contributed by atoms with Gasteiger partial charge >= 0.3 is 0 Å². The number of benzene rings is 3. The number of nitrogens with zero attached hydrogens (tertiary/aromatic N) is 3. The monoisotopic (exact) mass is 485 g/mol. The standard InChI is InChI=1S/C24H24ClN3O4S/c25-20-8-12-24(13-9-20)33(31,32)27(21-4-2-1-3-5-21)22-14-16-26(17-15-22)18-19-6-10-23(11-7-19)28(29)30/h1-13,22H,14-18H2. The number of rotatable bonds is 7. The highest BCUT2D eigenvalue weighted by molar-refractivity contribution is 7.92. The maximum Gasteiger partial charge on any atom is 0.269 e. The van der Waals surface area contributed by atoms with E-state index in [0.29, 0.717) is 30.1 Å². The highest BCUT2D eigenvalue weighted by Crippen LogP contribution is 2.31. The summed E-state index contributed by atoms with van der Waals surface area (Å²) in [6, 6.07) is 21.8. The Morgan fingerprint density at radius 3 is 2.12 bits per heavy atom. The number of hydrogen-bond acceptors (Lipinski definition) is 5. The van der Waals surface area contributed by atoms with Gasteiger partial charge in [-0.1, -0.05) is 41.9 Å². The van der Waals surface area contributed by atoms with Crippen LogP contribution in [0.1, 0.15) is 18.4 Å². The first kappa shape index (κ1) is 23.2. The summed E-state index contributed by atoms with van der Waals surface area (Å²) < 4.78 is 28.8. The highest BCUT2D eigenvalue weighted by Gasteiger charge is 2.34. The zero-order valence-electron chi connectivity index (χ0n) is 17.9. The van der Waals surface area contributed by atoms with Crippen LogP contribution in [0.25, 0.3) is 0 Å². The van der Waals surface area contributed by atoms with Crippen LogP contribution in [0.3, 0.4) is 0 Å². The molecule has 3 aromatic rings. The molecule has 9 heteroatoms. The van der Waals surface area contributed by atoms with Crippen molar-refractivity contribution in [2.45, 2.75) is 30.3 Å². The largest absolute Gasteiger partial charge is 0.299 e. The van der Waals surface area contributed by atoms with Crippen LogP contribution in [-0.2, 0) is 16.6 Å². The van der Waals surface area contributed by atoms with Gasteiger partial charge in [-0.3, -0.25) is 19.3 Å². The number of nitro groups is 1. The molecule has 0 unspecified atom stereocenters. The van der Waals surface area contributed by atoms with Crippen LogP contribution in [0.2, 0.25) is 5.02 Å².